The number of likely N-dealkylation sites (N-methyl/N-ethyl adjacent to an activating group) is 1. The Morgan fingerprint density at radius 3 is 2.58 bits per heavy atom. The number of amides is 1. The van der Waals surface area contributed by atoms with Crippen molar-refractivity contribution in [3.05, 3.63) is 35.9 Å². The van der Waals surface area contributed by atoms with Gasteiger partial charge in [0.15, 0.2) is 0 Å². The van der Waals surface area contributed by atoms with Crippen molar-refractivity contribution in [2.24, 2.45) is 0 Å². The molecule has 1 aromatic carbocycles. The zero-order chi connectivity index (χ0) is 13.9. The van der Waals surface area contributed by atoms with Crippen molar-refractivity contribution in [3.8, 4) is 0 Å². The average molecular weight is 282 g/mol. The summed E-state index contributed by atoms with van der Waals surface area (Å²) in [5.41, 5.74) is 0.810. The molecule has 0 heterocycles. The van der Waals surface area contributed by atoms with E-state index < -0.39 is 0 Å². The second kappa shape index (κ2) is 5.93. The number of hydrogen-bond donors (Lipinski definition) is 0. The fourth-order valence-electron chi connectivity index (χ4n) is 2.49. The fraction of sp³-hybridized carbons (Fsp3) is 0.533. The third-order valence-corrected chi connectivity index (χ3v) is 3.92. The number of hydrogen-bond acceptors (Lipinski definition) is 2. The summed E-state index contributed by atoms with van der Waals surface area (Å²) in [6.45, 7) is 0.973. The lowest BCUT2D eigenvalue weighted by Gasteiger charge is -2.25. The van der Waals surface area contributed by atoms with Crippen LogP contribution in [0.5, 0.6) is 0 Å². The number of carbonyl (C=O) groups excluding carboxylic acids is 1. The van der Waals surface area contributed by atoms with Gasteiger partial charge < -0.3 is 9.64 Å². The van der Waals surface area contributed by atoms with E-state index in [1.807, 2.05) is 37.4 Å². The Balaban J connectivity index is 2.03. The zero-order valence-electron chi connectivity index (χ0n) is 11.4. The molecule has 0 aliphatic heterocycles. The number of rotatable bonds is 6. The minimum Gasteiger partial charge on any atom is -0.383 e. The number of halogens is 1. The van der Waals surface area contributed by atoms with Gasteiger partial charge in [-0.05, 0) is 18.4 Å². The first-order valence-corrected chi connectivity index (χ1v) is 6.98. The minimum absolute atomic E-state index is 0.162. The predicted octanol–water partition coefficient (Wildman–Crippen LogP) is 2.43. The largest absolute Gasteiger partial charge is 0.383 e. The first kappa shape index (κ1) is 14.4. The molecule has 2 rings (SSSR count). The van der Waals surface area contributed by atoms with Crippen LogP contribution in [0.2, 0.25) is 0 Å². The predicted molar refractivity (Wildman–Crippen MR) is 76.5 cm³/mol. The Bertz CT molecular complexity index is 431. The summed E-state index contributed by atoms with van der Waals surface area (Å²) in [7, 11) is 3.43. The molecule has 0 spiro atoms. The lowest BCUT2D eigenvalue weighted by molar-refractivity contribution is -0.132. The van der Waals surface area contributed by atoms with E-state index >= 15 is 0 Å². The van der Waals surface area contributed by atoms with E-state index in [0.29, 0.717) is 13.2 Å². The van der Waals surface area contributed by atoms with Crippen LogP contribution in [0.3, 0.4) is 0 Å². The van der Waals surface area contributed by atoms with Crippen molar-refractivity contribution in [1.82, 2.24) is 4.90 Å². The lowest BCUT2D eigenvalue weighted by Crippen LogP contribution is -2.40. The van der Waals surface area contributed by atoms with Crippen LogP contribution in [0.15, 0.2) is 30.3 Å². The molecule has 0 radical (unpaired) electrons. The quantitative estimate of drug-likeness (QED) is 0.750. The molecule has 1 saturated carbocycles. The standard InChI is InChI=1S/C15H20ClNO2/c1-17(10-13(16)11-19-2)14(18)15(8-9-15)12-6-4-3-5-7-12/h3-7,13H,8-11H2,1-2H3. The van der Waals surface area contributed by atoms with Crippen LogP contribution in [0.4, 0.5) is 0 Å². The molecule has 1 fully saturated rings. The first-order valence-electron chi connectivity index (χ1n) is 6.54. The molecule has 19 heavy (non-hydrogen) atoms. The van der Waals surface area contributed by atoms with Crippen molar-refractivity contribution < 1.29 is 9.53 Å². The second-order valence-corrected chi connectivity index (χ2v) is 5.80. The average Bonchev–Trinajstić information content (AvgIpc) is 3.20. The van der Waals surface area contributed by atoms with Crippen LogP contribution < -0.4 is 0 Å². The molecule has 3 nitrogen and oxygen atoms in total. The minimum atomic E-state index is -0.306. The number of methoxy groups -OCH3 is 1. The number of benzene rings is 1. The van der Waals surface area contributed by atoms with Crippen LogP contribution in [0.25, 0.3) is 0 Å². The summed E-state index contributed by atoms with van der Waals surface area (Å²) >= 11 is 6.12. The Morgan fingerprint density at radius 2 is 2.05 bits per heavy atom. The monoisotopic (exact) mass is 281 g/mol. The van der Waals surface area contributed by atoms with Gasteiger partial charge in [0, 0.05) is 20.7 Å². The summed E-state index contributed by atoms with van der Waals surface area (Å²) in [6.07, 6.45) is 1.86. The number of nitrogens with zero attached hydrogens (tertiary/aromatic N) is 1. The number of ether oxygens (including phenoxy) is 1. The van der Waals surface area contributed by atoms with Gasteiger partial charge in [0.1, 0.15) is 0 Å². The van der Waals surface area contributed by atoms with Crippen LogP contribution in [-0.2, 0) is 14.9 Å². The summed E-state index contributed by atoms with van der Waals surface area (Å²) in [5, 5.41) is -0.162. The van der Waals surface area contributed by atoms with Crippen molar-refractivity contribution in [2.45, 2.75) is 23.6 Å². The smallest absolute Gasteiger partial charge is 0.233 e. The molecule has 0 aromatic heterocycles. The van der Waals surface area contributed by atoms with Crippen LogP contribution in [0, 0.1) is 0 Å². The topological polar surface area (TPSA) is 29.5 Å². The van der Waals surface area contributed by atoms with Crippen molar-refractivity contribution in [3.63, 3.8) is 0 Å². The van der Waals surface area contributed by atoms with E-state index in [9.17, 15) is 4.79 Å². The summed E-state index contributed by atoms with van der Waals surface area (Å²) in [6, 6.07) is 10.0. The van der Waals surface area contributed by atoms with Crippen molar-refractivity contribution in [1.29, 1.82) is 0 Å². The van der Waals surface area contributed by atoms with E-state index in [1.54, 1.807) is 12.0 Å². The van der Waals surface area contributed by atoms with Crippen LogP contribution >= 0.6 is 11.6 Å². The van der Waals surface area contributed by atoms with E-state index in [1.165, 1.54) is 0 Å². The van der Waals surface area contributed by atoms with Gasteiger partial charge in [-0.1, -0.05) is 30.3 Å². The summed E-state index contributed by atoms with van der Waals surface area (Å²) < 4.78 is 5.00. The van der Waals surface area contributed by atoms with Gasteiger partial charge >= 0.3 is 0 Å². The maximum Gasteiger partial charge on any atom is 0.233 e. The normalized spacial score (nSPS) is 17.8. The molecular formula is C15H20ClNO2. The van der Waals surface area contributed by atoms with E-state index in [4.69, 9.17) is 16.3 Å². The highest BCUT2D eigenvalue weighted by Crippen LogP contribution is 2.49. The highest BCUT2D eigenvalue weighted by atomic mass is 35.5. The SMILES string of the molecule is COCC(Cl)CN(C)C(=O)C1(c2ccccc2)CC1. The van der Waals surface area contributed by atoms with Gasteiger partial charge in [-0.2, -0.15) is 0 Å². The molecule has 1 aromatic rings. The van der Waals surface area contributed by atoms with E-state index in [0.717, 1.165) is 18.4 Å². The van der Waals surface area contributed by atoms with Crippen LogP contribution in [0.1, 0.15) is 18.4 Å². The molecule has 4 heteroatoms. The molecule has 1 aliphatic carbocycles. The van der Waals surface area contributed by atoms with Gasteiger partial charge in [-0.3, -0.25) is 4.79 Å². The molecule has 0 bridgehead atoms. The number of carbonyl (C=O) groups is 1. The zero-order valence-corrected chi connectivity index (χ0v) is 12.2. The van der Waals surface area contributed by atoms with Gasteiger partial charge in [0.2, 0.25) is 5.91 Å². The third kappa shape index (κ3) is 3.10. The molecule has 1 amide bonds. The molecule has 0 saturated heterocycles. The molecule has 104 valence electrons. The van der Waals surface area contributed by atoms with Gasteiger partial charge in [-0.25, -0.2) is 0 Å². The van der Waals surface area contributed by atoms with Gasteiger partial charge in [-0.15, -0.1) is 11.6 Å². The molecule has 1 unspecified atom stereocenters. The highest BCUT2D eigenvalue weighted by Gasteiger charge is 2.52. The Kier molecular flexibility index (Phi) is 4.48. The Hall–Kier alpha value is -1.06. The van der Waals surface area contributed by atoms with Crippen molar-refractivity contribution in [2.75, 3.05) is 27.3 Å². The van der Waals surface area contributed by atoms with E-state index in [2.05, 4.69) is 0 Å². The van der Waals surface area contributed by atoms with Crippen LogP contribution in [-0.4, -0.2) is 43.5 Å². The Labute approximate surface area is 119 Å². The maximum atomic E-state index is 12.6. The lowest BCUT2D eigenvalue weighted by atomic mass is 9.94. The Morgan fingerprint density at radius 1 is 1.42 bits per heavy atom. The second-order valence-electron chi connectivity index (χ2n) is 5.19. The maximum absolute atomic E-state index is 12.6. The van der Waals surface area contributed by atoms with E-state index in [-0.39, 0.29) is 16.7 Å². The van der Waals surface area contributed by atoms with Crippen molar-refractivity contribution >= 4 is 17.5 Å². The summed E-state index contributed by atoms with van der Waals surface area (Å²) in [5.74, 6) is 0.167. The van der Waals surface area contributed by atoms with Gasteiger partial charge in [0.25, 0.3) is 0 Å². The third-order valence-electron chi connectivity index (χ3n) is 3.65. The van der Waals surface area contributed by atoms with Gasteiger partial charge in [0.05, 0.1) is 17.4 Å². The molecule has 0 N–H and O–H groups in total. The molecule has 1 aliphatic rings. The molecule has 1 atom stereocenters. The fourth-order valence-corrected chi connectivity index (χ4v) is 2.82. The first-order chi connectivity index (χ1) is 9.10. The molecular weight excluding hydrogens is 262 g/mol. The summed E-state index contributed by atoms with van der Waals surface area (Å²) in [4.78, 5) is 14.3. The highest BCUT2D eigenvalue weighted by molar-refractivity contribution is 6.21. The number of alkyl halides is 1.